The van der Waals surface area contributed by atoms with Crippen LogP contribution < -0.4 is 21.3 Å². The summed E-state index contributed by atoms with van der Waals surface area (Å²) in [6.45, 7) is 3.71. The Labute approximate surface area is 161 Å². The minimum Gasteiger partial charge on any atom is -0.497 e. The van der Waals surface area contributed by atoms with Crippen LogP contribution in [-0.4, -0.2) is 34.5 Å². The Bertz CT molecular complexity index is 1040. The number of hydrogen-bond donors (Lipinski definition) is 2. The molecule has 3 aromatic rings. The van der Waals surface area contributed by atoms with E-state index in [4.69, 9.17) is 4.74 Å². The second-order valence-electron chi connectivity index (χ2n) is 6.87. The van der Waals surface area contributed by atoms with E-state index in [2.05, 4.69) is 16.0 Å². The molecule has 1 aliphatic rings. The van der Waals surface area contributed by atoms with Crippen LogP contribution in [0.2, 0.25) is 0 Å². The first-order chi connectivity index (χ1) is 13.5. The maximum absolute atomic E-state index is 13.7. The first kappa shape index (κ1) is 18.4. The van der Waals surface area contributed by atoms with Gasteiger partial charge in [0.15, 0.2) is 0 Å². The van der Waals surface area contributed by atoms with Crippen molar-refractivity contribution in [3.05, 3.63) is 75.7 Å². The van der Waals surface area contributed by atoms with Crippen LogP contribution in [0.15, 0.2) is 47.3 Å². The molecule has 1 aliphatic heterocycles. The van der Waals surface area contributed by atoms with Gasteiger partial charge in [0.1, 0.15) is 17.4 Å². The third-order valence-electron chi connectivity index (χ3n) is 4.94. The second kappa shape index (κ2) is 7.57. The van der Waals surface area contributed by atoms with Crippen molar-refractivity contribution in [1.29, 1.82) is 0 Å². The van der Waals surface area contributed by atoms with Crippen molar-refractivity contribution in [3.8, 4) is 11.4 Å². The summed E-state index contributed by atoms with van der Waals surface area (Å²) < 4.78 is 21.7. The first-order valence-corrected chi connectivity index (χ1v) is 9.11. The molecular formula is C20H22FN5O2. The number of aromatic nitrogens is 3. The zero-order valence-corrected chi connectivity index (χ0v) is 15.8. The van der Waals surface area contributed by atoms with Gasteiger partial charge in [0.25, 0.3) is 0 Å². The lowest BCUT2D eigenvalue weighted by molar-refractivity contribution is 0.410. The fraction of sp³-hybridized carbons (Fsp3) is 0.300. The summed E-state index contributed by atoms with van der Waals surface area (Å²) in [6, 6.07) is 12.3. The summed E-state index contributed by atoms with van der Waals surface area (Å²) >= 11 is 0. The first-order valence-electron chi connectivity index (χ1n) is 9.11. The molecule has 1 saturated heterocycles. The highest BCUT2D eigenvalue weighted by molar-refractivity contribution is 5.37. The van der Waals surface area contributed by atoms with Crippen molar-refractivity contribution in [2.45, 2.75) is 19.4 Å². The molecule has 7 nitrogen and oxygen atoms in total. The van der Waals surface area contributed by atoms with E-state index >= 15 is 0 Å². The van der Waals surface area contributed by atoms with Gasteiger partial charge in [0.2, 0.25) is 0 Å². The number of rotatable bonds is 5. The predicted octanol–water partition coefficient (Wildman–Crippen LogP) is 1.73. The molecule has 0 aliphatic carbocycles. The highest BCUT2D eigenvalue weighted by Crippen LogP contribution is 2.19. The number of nitrogens with zero attached hydrogens (tertiary/aromatic N) is 3. The van der Waals surface area contributed by atoms with Gasteiger partial charge >= 0.3 is 5.69 Å². The number of methoxy groups -OCH3 is 1. The van der Waals surface area contributed by atoms with Gasteiger partial charge in [-0.2, -0.15) is 5.10 Å². The largest absolute Gasteiger partial charge is 0.497 e. The van der Waals surface area contributed by atoms with Crippen molar-refractivity contribution < 1.29 is 9.13 Å². The van der Waals surface area contributed by atoms with Gasteiger partial charge < -0.3 is 4.74 Å². The van der Waals surface area contributed by atoms with E-state index in [-0.39, 0.29) is 12.2 Å². The maximum Gasteiger partial charge on any atom is 0.350 e. The summed E-state index contributed by atoms with van der Waals surface area (Å²) in [4.78, 5) is 12.9. The van der Waals surface area contributed by atoms with E-state index in [9.17, 15) is 9.18 Å². The molecule has 0 amide bonds. The Morgan fingerprint density at radius 3 is 2.57 bits per heavy atom. The smallest absolute Gasteiger partial charge is 0.350 e. The minimum atomic E-state index is -0.412. The lowest BCUT2D eigenvalue weighted by Gasteiger charge is -2.09. The molecule has 4 rings (SSSR count). The van der Waals surface area contributed by atoms with E-state index in [1.165, 1.54) is 29.5 Å². The van der Waals surface area contributed by atoms with Gasteiger partial charge in [-0.25, -0.2) is 18.4 Å². The Balaban J connectivity index is 1.62. The summed E-state index contributed by atoms with van der Waals surface area (Å²) in [5, 5.41) is 4.35. The average Bonchev–Trinajstić information content (AvgIpc) is 3.30. The highest BCUT2D eigenvalue weighted by atomic mass is 19.1. The number of halogens is 1. The van der Waals surface area contributed by atoms with Gasteiger partial charge in [0, 0.05) is 25.1 Å². The fourth-order valence-electron chi connectivity index (χ4n) is 3.51. The van der Waals surface area contributed by atoms with Gasteiger partial charge in [-0.05, 0) is 42.3 Å². The van der Waals surface area contributed by atoms with E-state index in [1.54, 1.807) is 17.6 Å². The van der Waals surface area contributed by atoms with E-state index in [0.29, 0.717) is 23.1 Å². The minimum absolute atomic E-state index is 0.165. The summed E-state index contributed by atoms with van der Waals surface area (Å²) in [5.74, 6) is 0.985. The molecule has 28 heavy (non-hydrogen) atoms. The van der Waals surface area contributed by atoms with Crippen LogP contribution in [0.4, 0.5) is 4.39 Å². The Kier molecular flexibility index (Phi) is 4.97. The molecule has 2 aromatic carbocycles. The van der Waals surface area contributed by atoms with Crippen LogP contribution in [-0.2, 0) is 6.54 Å². The highest BCUT2D eigenvalue weighted by Gasteiger charge is 2.17. The van der Waals surface area contributed by atoms with Gasteiger partial charge in [-0.15, -0.1) is 0 Å². The van der Waals surface area contributed by atoms with Crippen LogP contribution >= 0.6 is 0 Å². The zero-order chi connectivity index (χ0) is 19.7. The van der Waals surface area contributed by atoms with Crippen LogP contribution in [0.5, 0.6) is 5.75 Å². The molecule has 1 fully saturated rings. The third-order valence-corrected chi connectivity index (χ3v) is 4.94. The lowest BCUT2D eigenvalue weighted by Crippen LogP contribution is -2.24. The normalized spacial score (nSPS) is 14.5. The van der Waals surface area contributed by atoms with Crippen LogP contribution in [0.1, 0.15) is 22.9 Å². The molecular weight excluding hydrogens is 361 g/mol. The molecule has 8 heteroatoms. The van der Waals surface area contributed by atoms with Crippen molar-refractivity contribution >= 4 is 0 Å². The van der Waals surface area contributed by atoms with E-state index in [1.807, 2.05) is 24.3 Å². The second-order valence-corrected chi connectivity index (χ2v) is 6.87. The van der Waals surface area contributed by atoms with Gasteiger partial charge in [-0.1, -0.05) is 12.1 Å². The molecule has 0 spiro atoms. The molecule has 0 radical (unpaired) electrons. The quantitative estimate of drug-likeness (QED) is 0.702. The topological polar surface area (TPSA) is 73.1 Å². The number of nitrogens with one attached hydrogen (secondary N) is 2. The number of ether oxygens (including phenoxy) is 1. The molecule has 2 heterocycles. The van der Waals surface area contributed by atoms with E-state index < -0.39 is 5.82 Å². The summed E-state index contributed by atoms with van der Waals surface area (Å²) in [6.07, 6.45) is 0. The number of benzene rings is 2. The van der Waals surface area contributed by atoms with E-state index in [0.717, 1.165) is 18.8 Å². The Hall–Kier alpha value is -2.97. The number of hydrogen-bond acceptors (Lipinski definition) is 5. The molecule has 0 bridgehead atoms. The summed E-state index contributed by atoms with van der Waals surface area (Å²) in [7, 11) is 1.48. The fourth-order valence-corrected chi connectivity index (χ4v) is 3.51. The zero-order valence-electron chi connectivity index (χ0n) is 15.8. The standard InChI is InChI=1S/C20H22FN5O2/c1-13-24-25(12-14-7-17(21)9-19(8-14)28-2)20(27)26(13)18-5-3-15(4-6-18)16-10-22-23-11-16/h3-9,16,22-23H,10-12H2,1-2H3. The van der Waals surface area contributed by atoms with Crippen LogP contribution in [0, 0.1) is 12.7 Å². The molecule has 2 N–H and O–H groups in total. The maximum atomic E-state index is 13.7. The third kappa shape index (κ3) is 3.56. The van der Waals surface area contributed by atoms with Crippen LogP contribution in [0.25, 0.3) is 5.69 Å². The lowest BCUT2D eigenvalue weighted by atomic mass is 10.0. The van der Waals surface area contributed by atoms with Gasteiger partial charge in [0.05, 0.1) is 19.3 Å². The molecule has 0 saturated carbocycles. The molecule has 0 unspecified atom stereocenters. The van der Waals surface area contributed by atoms with Crippen molar-refractivity contribution in [3.63, 3.8) is 0 Å². The van der Waals surface area contributed by atoms with Crippen molar-refractivity contribution in [2.24, 2.45) is 0 Å². The van der Waals surface area contributed by atoms with Gasteiger partial charge in [-0.3, -0.25) is 10.9 Å². The molecule has 146 valence electrons. The average molecular weight is 383 g/mol. The van der Waals surface area contributed by atoms with Crippen LogP contribution in [0.3, 0.4) is 0 Å². The Morgan fingerprint density at radius 2 is 1.89 bits per heavy atom. The molecule has 0 atom stereocenters. The molecule has 1 aromatic heterocycles. The number of hydrazine groups is 1. The Morgan fingerprint density at radius 1 is 1.18 bits per heavy atom. The number of aryl methyl sites for hydroxylation is 1. The van der Waals surface area contributed by atoms with Crippen molar-refractivity contribution in [1.82, 2.24) is 25.2 Å². The van der Waals surface area contributed by atoms with Crippen molar-refractivity contribution in [2.75, 3.05) is 20.2 Å². The summed E-state index contributed by atoms with van der Waals surface area (Å²) in [5.41, 5.74) is 8.56. The monoisotopic (exact) mass is 383 g/mol. The SMILES string of the molecule is COc1cc(F)cc(Cn2nc(C)n(-c3ccc(C4CNNC4)cc3)c2=O)c1. The predicted molar refractivity (Wildman–Crippen MR) is 103 cm³/mol.